The molecule has 0 aromatic heterocycles. The molecule has 0 radical (unpaired) electrons. The number of alkyl halides is 3. The van der Waals surface area contributed by atoms with Crippen molar-refractivity contribution < 1.29 is 22.8 Å². The van der Waals surface area contributed by atoms with Crippen molar-refractivity contribution in [3.63, 3.8) is 0 Å². The Morgan fingerprint density at radius 1 is 1.53 bits per heavy atom. The van der Waals surface area contributed by atoms with Crippen LogP contribution in [0.1, 0.15) is 6.92 Å². The van der Waals surface area contributed by atoms with E-state index in [1.54, 1.807) is 5.32 Å². The number of nitrogens with two attached hydrogens (primary N) is 1. The maximum atomic E-state index is 12.7. The van der Waals surface area contributed by atoms with Crippen LogP contribution in [0.25, 0.3) is 0 Å². The van der Waals surface area contributed by atoms with Crippen molar-refractivity contribution >= 4 is 11.9 Å². The van der Waals surface area contributed by atoms with E-state index in [1.807, 2.05) is 0 Å². The van der Waals surface area contributed by atoms with Gasteiger partial charge in [-0.3, -0.25) is 9.69 Å². The predicted molar refractivity (Wildman–Crippen MR) is 52.9 cm³/mol. The molecule has 1 aliphatic rings. The van der Waals surface area contributed by atoms with Crippen LogP contribution in [0.15, 0.2) is 12.2 Å². The van der Waals surface area contributed by atoms with Gasteiger partial charge in [-0.2, -0.15) is 13.2 Å². The van der Waals surface area contributed by atoms with E-state index >= 15 is 0 Å². The molecule has 1 saturated heterocycles. The lowest BCUT2D eigenvalue weighted by atomic mass is 10.0. The van der Waals surface area contributed by atoms with Crippen molar-refractivity contribution in [1.29, 1.82) is 0 Å². The van der Waals surface area contributed by atoms with Gasteiger partial charge >= 0.3 is 12.2 Å². The van der Waals surface area contributed by atoms with Gasteiger partial charge in [-0.15, -0.1) is 0 Å². The van der Waals surface area contributed by atoms with Crippen molar-refractivity contribution in [3.8, 4) is 0 Å². The van der Waals surface area contributed by atoms with Gasteiger partial charge in [0.2, 0.25) is 5.54 Å². The summed E-state index contributed by atoms with van der Waals surface area (Å²) in [7, 11) is 0. The Kier molecular flexibility index (Phi) is 3.19. The summed E-state index contributed by atoms with van der Waals surface area (Å²) in [4.78, 5) is 23.3. The summed E-state index contributed by atoms with van der Waals surface area (Å²) in [6.07, 6.45) is -4.85. The van der Waals surface area contributed by atoms with E-state index in [1.165, 1.54) is 0 Å². The number of rotatable bonds is 3. The highest BCUT2D eigenvalue weighted by Crippen LogP contribution is 2.35. The monoisotopic (exact) mass is 251 g/mol. The summed E-state index contributed by atoms with van der Waals surface area (Å²) >= 11 is 0. The molecule has 8 heteroatoms. The number of carbonyl (C=O) groups excluding carboxylic acids is 2. The highest BCUT2D eigenvalue weighted by molar-refractivity contribution is 6.07. The van der Waals surface area contributed by atoms with E-state index in [2.05, 4.69) is 6.58 Å². The van der Waals surface area contributed by atoms with Crippen molar-refractivity contribution in [2.24, 2.45) is 5.73 Å². The Labute approximate surface area is 95.4 Å². The molecule has 1 atom stereocenters. The van der Waals surface area contributed by atoms with E-state index in [4.69, 9.17) is 5.73 Å². The molecule has 1 heterocycles. The normalized spacial score (nSPS) is 25.1. The number of urea groups is 1. The first-order valence-corrected chi connectivity index (χ1v) is 4.71. The fourth-order valence-corrected chi connectivity index (χ4v) is 1.32. The van der Waals surface area contributed by atoms with Crippen LogP contribution >= 0.6 is 0 Å². The summed E-state index contributed by atoms with van der Waals surface area (Å²) in [5.41, 5.74) is 2.62. The molecule has 0 saturated carbocycles. The van der Waals surface area contributed by atoms with Crippen molar-refractivity contribution in [1.82, 2.24) is 10.2 Å². The van der Waals surface area contributed by atoms with Gasteiger partial charge < -0.3 is 11.1 Å². The van der Waals surface area contributed by atoms with Crippen molar-refractivity contribution in [3.05, 3.63) is 12.2 Å². The lowest BCUT2D eigenvalue weighted by Gasteiger charge is -2.24. The van der Waals surface area contributed by atoms with E-state index in [9.17, 15) is 22.8 Å². The number of hydrogen-bond acceptors (Lipinski definition) is 3. The second-order valence-electron chi connectivity index (χ2n) is 3.90. The maximum absolute atomic E-state index is 12.7. The molecule has 96 valence electrons. The molecule has 3 N–H and O–H groups in total. The second-order valence-corrected chi connectivity index (χ2v) is 3.90. The van der Waals surface area contributed by atoms with Crippen molar-refractivity contribution in [2.45, 2.75) is 18.6 Å². The minimum Gasteiger partial charge on any atom is -0.327 e. The Bertz CT molecular complexity index is 380. The molecule has 0 spiro atoms. The Balaban J connectivity index is 2.97. The molecule has 1 fully saturated rings. The fraction of sp³-hybridized carbons (Fsp3) is 0.556. The van der Waals surface area contributed by atoms with Gasteiger partial charge in [-0.1, -0.05) is 6.58 Å². The zero-order chi connectivity index (χ0) is 13.4. The number of nitrogens with zero attached hydrogens (tertiary/aromatic N) is 1. The summed E-state index contributed by atoms with van der Waals surface area (Å²) in [6, 6.07) is -1.09. The van der Waals surface area contributed by atoms with E-state index < -0.39 is 23.7 Å². The lowest BCUT2D eigenvalue weighted by Crippen LogP contribution is -2.56. The van der Waals surface area contributed by atoms with Gasteiger partial charge in [0, 0.05) is 6.54 Å². The molecular formula is C9H12F3N3O2. The quantitative estimate of drug-likeness (QED) is 0.562. The zero-order valence-electron chi connectivity index (χ0n) is 9.10. The van der Waals surface area contributed by atoms with Gasteiger partial charge in [0.15, 0.2) is 0 Å². The molecule has 1 unspecified atom stereocenters. The topological polar surface area (TPSA) is 75.4 Å². The molecule has 3 amide bonds. The Hall–Kier alpha value is -1.57. The highest BCUT2D eigenvalue weighted by atomic mass is 19.4. The van der Waals surface area contributed by atoms with Gasteiger partial charge in [-0.05, 0) is 12.5 Å². The number of halogens is 3. The molecule has 17 heavy (non-hydrogen) atoms. The van der Waals surface area contributed by atoms with Crippen LogP contribution in [-0.2, 0) is 4.79 Å². The Morgan fingerprint density at radius 2 is 2.06 bits per heavy atom. The number of imide groups is 1. The average molecular weight is 251 g/mol. The molecule has 5 nitrogen and oxygen atoms in total. The molecule has 0 aromatic carbocycles. The first-order valence-electron chi connectivity index (χ1n) is 4.71. The van der Waals surface area contributed by atoms with Crippen LogP contribution in [0.2, 0.25) is 0 Å². The number of amides is 3. The van der Waals surface area contributed by atoms with E-state index in [-0.39, 0.29) is 13.1 Å². The van der Waals surface area contributed by atoms with Gasteiger partial charge in [0.05, 0.1) is 6.54 Å². The molecular weight excluding hydrogens is 239 g/mol. The summed E-state index contributed by atoms with van der Waals surface area (Å²) in [6.45, 7) is 3.73. The summed E-state index contributed by atoms with van der Waals surface area (Å²) in [5, 5.41) is 1.63. The molecule has 0 aromatic rings. The molecule has 1 rings (SSSR count). The largest absolute Gasteiger partial charge is 0.420 e. The average Bonchev–Trinajstić information content (AvgIpc) is 2.42. The van der Waals surface area contributed by atoms with Crippen LogP contribution in [0.3, 0.4) is 0 Å². The zero-order valence-corrected chi connectivity index (χ0v) is 9.10. The maximum Gasteiger partial charge on any atom is 0.420 e. The third kappa shape index (κ3) is 2.12. The minimum absolute atomic E-state index is 0.0141. The van der Waals surface area contributed by atoms with Crippen LogP contribution in [0.5, 0.6) is 0 Å². The fourth-order valence-electron chi connectivity index (χ4n) is 1.32. The van der Waals surface area contributed by atoms with Crippen molar-refractivity contribution in [2.75, 3.05) is 13.1 Å². The SMILES string of the molecule is C=C(CN)CN1C(=O)NC(C)(C(F)(F)F)C1=O. The second kappa shape index (κ2) is 4.02. The summed E-state index contributed by atoms with van der Waals surface area (Å²) in [5.74, 6) is -1.34. The van der Waals surface area contributed by atoms with Gasteiger partial charge in [0.25, 0.3) is 5.91 Å². The molecule has 1 aliphatic heterocycles. The summed E-state index contributed by atoms with van der Waals surface area (Å²) < 4.78 is 38.0. The third-order valence-electron chi connectivity index (χ3n) is 2.51. The minimum atomic E-state index is -4.85. The highest BCUT2D eigenvalue weighted by Gasteiger charge is 2.64. The number of hydrogen-bond donors (Lipinski definition) is 2. The van der Waals surface area contributed by atoms with Crippen LogP contribution in [0, 0.1) is 0 Å². The third-order valence-corrected chi connectivity index (χ3v) is 2.51. The Morgan fingerprint density at radius 3 is 2.41 bits per heavy atom. The van der Waals surface area contributed by atoms with Crippen LogP contribution in [0.4, 0.5) is 18.0 Å². The predicted octanol–water partition coefficient (Wildman–Crippen LogP) is 0.374. The van der Waals surface area contributed by atoms with Crippen LogP contribution in [-0.4, -0.2) is 41.6 Å². The van der Waals surface area contributed by atoms with Gasteiger partial charge in [0.1, 0.15) is 0 Å². The first kappa shape index (κ1) is 13.5. The van der Waals surface area contributed by atoms with E-state index in [0.717, 1.165) is 0 Å². The molecule has 0 bridgehead atoms. The van der Waals surface area contributed by atoms with E-state index in [0.29, 0.717) is 17.4 Å². The van der Waals surface area contributed by atoms with Gasteiger partial charge in [-0.25, -0.2) is 4.79 Å². The number of nitrogens with one attached hydrogen (secondary N) is 1. The van der Waals surface area contributed by atoms with Crippen LogP contribution < -0.4 is 11.1 Å². The number of carbonyl (C=O) groups is 2. The first-order chi connectivity index (χ1) is 7.63. The smallest absolute Gasteiger partial charge is 0.327 e. The lowest BCUT2D eigenvalue weighted by molar-refractivity contribution is -0.190. The molecule has 0 aliphatic carbocycles. The standard InChI is InChI=1S/C9H12F3N3O2/c1-5(3-13)4-15-6(16)8(2,9(10,11)12)14-7(15)17/h1,3-4,13H2,2H3,(H,14,17).